The first-order chi connectivity index (χ1) is 16.9. The van der Waals surface area contributed by atoms with Gasteiger partial charge in [0.25, 0.3) is 0 Å². The molecule has 0 aliphatic heterocycles. The van der Waals surface area contributed by atoms with E-state index in [2.05, 4.69) is 92.4 Å². The minimum absolute atomic E-state index is 0.324. The summed E-state index contributed by atoms with van der Waals surface area (Å²) >= 11 is 1.74. The van der Waals surface area contributed by atoms with Gasteiger partial charge in [0.15, 0.2) is 0 Å². The number of thiophene rings is 1. The van der Waals surface area contributed by atoms with Crippen molar-refractivity contribution in [3.63, 3.8) is 0 Å². The zero-order chi connectivity index (χ0) is 24.5. The lowest BCUT2D eigenvalue weighted by molar-refractivity contribution is 0.898. The summed E-state index contributed by atoms with van der Waals surface area (Å²) in [5.41, 5.74) is 9.50. The Morgan fingerprint density at radius 2 is 2.03 bits per heavy atom. The second kappa shape index (κ2) is 9.61. The van der Waals surface area contributed by atoms with Gasteiger partial charge < -0.3 is 10.3 Å². The summed E-state index contributed by atoms with van der Waals surface area (Å²) in [6.07, 6.45) is 7.55. The molecule has 0 aliphatic carbocycles. The molecule has 0 aromatic carbocycles. The molecule has 1 atom stereocenters. The molecule has 0 saturated heterocycles. The molecule has 0 saturated carbocycles. The van der Waals surface area contributed by atoms with Crippen molar-refractivity contribution in [3.8, 4) is 22.6 Å². The van der Waals surface area contributed by atoms with Crippen LogP contribution in [-0.4, -0.2) is 31.2 Å². The second-order valence-electron chi connectivity index (χ2n) is 8.67. The van der Waals surface area contributed by atoms with Crippen LogP contribution in [0.3, 0.4) is 0 Å². The lowest BCUT2D eigenvalue weighted by Gasteiger charge is -2.10. The Morgan fingerprint density at radius 1 is 1.17 bits per heavy atom. The molecule has 176 valence electrons. The standard InChI is InChI=1S/C27H27N6PS/c1-5-6-19(24-9-10-25(34)35-24)20-12-23(30-16(20)4)27-26-22(32-33-27)8-7-21(31-26)17-11-18(14-28-13-17)29-15(2)3/h5-15,29-30H,1,34H2,2-4H3,(H,32,33)/b19-6+. The molecule has 0 bridgehead atoms. The summed E-state index contributed by atoms with van der Waals surface area (Å²) in [4.78, 5) is 14.1. The third-order valence-corrected chi connectivity index (χ3v) is 7.13. The molecule has 0 fully saturated rings. The van der Waals surface area contributed by atoms with Crippen molar-refractivity contribution in [1.82, 2.24) is 25.1 Å². The fraction of sp³-hybridized carbons (Fsp3) is 0.148. The monoisotopic (exact) mass is 498 g/mol. The van der Waals surface area contributed by atoms with E-state index in [4.69, 9.17) is 4.98 Å². The summed E-state index contributed by atoms with van der Waals surface area (Å²) < 4.78 is 1.19. The van der Waals surface area contributed by atoms with Gasteiger partial charge in [-0.15, -0.1) is 11.3 Å². The van der Waals surface area contributed by atoms with E-state index in [0.29, 0.717) is 6.04 Å². The van der Waals surface area contributed by atoms with E-state index in [0.717, 1.165) is 56.2 Å². The van der Waals surface area contributed by atoms with Crippen LogP contribution in [-0.2, 0) is 0 Å². The predicted octanol–water partition coefficient (Wildman–Crippen LogP) is 6.32. The van der Waals surface area contributed by atoms with E-state index in [1.165, 1.54) is 9.50 Å². The molecular formula is C27H27N6PS. The minimum Gasteiger partial charge on any atom is -0.382 e. The first-order valence-electron chi connectivity index (χ1n) is 11.4. The number of aromatic amines is 2. The number of H-pyrrole nitrogens is 2. The molecule has 5 rings (SSSR count). The van der Waals surface area contributed by atoms with Crippen LogP contribution >= 0.6 is 20.6 Å². The van der Waals surface area contributed by atoms with Crippen LogP contribution in [0.5, 0.6) is 0 Å². The number of hydrogen-bond acceptors (Lipinski definition) is 5. The number of anilines is 1. The molecule has 8 heteroatoms. The second-order valence-corrected chi connectivity index (χ2v) is 10.8. The number of allylic oxidation sites excluding steroid dienone is 2. The Balaban J connectivity index is 1.56. The van der Waals surface area contributed by atoms with E-state index in [-0.39, 0.29) is 0 Å². The predicted molar refractivity (Wildman–Crippen MR) is 151 cm³/mol. The molecule has 3 N–H and O–H groups in total. The van der Waals surface area contributed by atoms with Crippen molar-refractivity contribution in [2.45, 2.75) is 26.8 Å². The maximum atomic E-state index is 4.97. The summed E-state index contributed by atoms with van der Waals surface area (Å²) in [6, 6.07) is 12.8. The first-order valence-corrected chi connectivity index (χ1v) is 12.8. The zero-order valence-corrected chi connectivity index (χ0v) is 21.9. The van der Waals surface area contributed by atoms with E-state index in [9.17, 15) is 0 Å². The van der Waals surface area contributed by atoms with Gasteiger partial charge in [0.1, 0.15) is 11.2 Å². The average Bonchev–Trinajstić information content (AvgIpc) is 3.55. The largest absolute Gasteiger partial charge is 0.382 e. The number of hydrogen-bond donors (Lipinski definition) is 3. The topological polar surface area (TPSA) is 82.3 Å². The first kappa shape index (κ1) is 23.2. The van der Waals surface area contributed by atoms with Gasteiger partial charge in [-0.3, -0.25) is 10.1 Å². The van der Waals surface area contributed by atoms with E-state index < -0.39 is 0 Å². The van der Waals surface area contributed by atoms with Crippen LogP contribution in [0.25, 0.3) is 39.3 Å². The molecule has 5 aromatic heterocycles. The number of aryl methyl sites for hydroxylation is 1. The van der Waals surface area contributed by atoms with Crippen LogP contribution in [0, 0.1) is 6.92 Å². The summed E-state index contributed by atoms with van der Waals surface area (Å²) in [5, 5.41) is 11.1. The van der Waals surface area contributed by atoms with Gasteiger partial charge in [-0.2, -0.15) is 5.10 Å². The van der Waals surface area contributed by atoms with Crippen LogP contribution < -0.4 is 9.94 Å². The summed E-state index contributed by atoms with van der Waals surface area (Å²) in [6.45, 7) is 10.2. The highest BCUT2D eigenvalue weighted by Crippen LogP contribution is 2.34. The van der Waals surface area contributed by atoms with Crippen molar-refractivity contribution in [2.75, 3.05) is 5.32 Å². The number of fused-ring (bicyclic) bond motifs is 1. The Morgan fingerprint density at radius 3 is 2.77 bits per heavy atom. The van der Waals surface area contributed by atoms with Gasteiger partial charge in [0.2, 0.25) is 0 Å². The molecule has 6 nitrogen and oxygen atoms in total. The third kappa shape index (κ3) is 4.70. The highest BCUT2D eigenvalue weighted by atomic mass is 32.1. The minimum atomic E-state index is 0.324. The number of rotatable bonds is 7. The molecular weight excluding hydrogens is 471 g/mol. The Kier molecular flexibility index (Phi) is 6.37. The van der Waals surface area contributed by atoms with Crippen molar-refractivity contribution < 1.29 is 0 Å². The van der Waals surface area contributed by atoms with E-state index >= 15 is 0 Å². The highest BCUT2D eigenvalue weighted by molar-refractivity contribution is 7.43. The average molecular weight is 499 g/mol. The molecule has 0 spiro atoms. The van der Waals surface area contributed by atoms with Gasteiger partial charge in [0, 0.05) is 50.3 Å². The van der Waals surface area contributed by atoms with Crippen molar-refractivity contribution >= 4 is 47.5 Å². The van der Waals surface area contributed by atoms with Gasteiger partial charge in [-0.1, -0.05) is 28.0 Å². The molecule has 0 amide bonds. The third-order valence-electron chi connectivity index (χ3n) is 5.63. The highest BCUT2D eigenvalue weighted by Gasteiger charge is 2.18. The maximum absolute atomic E-state index is 4.97. The van der Waals surface area contributed by atoms with Crippen molar-refractivity contribution in [2.24, 2.45) is 0 Å². The van der Waals surface area contributed by atoms with Crippen molar-refractivity contribution in [3.05, 3.63) is 83.7 Å². The quantitative estimate of drug-likeness (QED) is 0.181. The number of nitrogens with zero attached hydrogens (tertiary/aromatic N) is 3. The Labute approximate surface area is 210 Å². The van der Waals surface area contributed by atoms with Crippen LogP contribution in [0.15, 0.2) is 67.5 Å². The van der Waals surface area contributed by atoms with Gasteiger partial charge in [-0.25, -0.2) is 4.98 Å². The normalized spacial score (nSPS) is 12.0. The summed E-state index contributed by atoms with van der Waals surface area (Å²) in [7, 11) is 2.77. The Bertz CT molecular complexity index is 1550. The fourth-order valence-electron chi connectivity index (χ4n) is 4.13. The lowest BCUT2D eigenvalue weighted by Crippen LogP contribution is -2.09. The SMILES string of the molecule is C=C/C=C(/c1ccc(P)s1)c1cc(-c2n[nH]c3ccc(-c4cncc(NC(C)C)c4)nc23)[nH]c1C. The molecule has 0 radical (unpaired) electrons. The molecule has 0 aliphatic rings. The molecule has 35 heavy (non-hydrogen) atoms. The van der Waals surface area contributed by atoms with Crippen molar-refractivity contribution in [1.29, 1.82) is 0 Å². The Hall–Kier alpha value is -3.54. The molecule has 5 aromatic rings. The molecule has 1 unspecified atom stereocenters. The van der Waals surface area contributed by atoms with Crippen LogP contribution in [0.1, 0.15) is 30.0 Å². The number of pyridine rings is 2. The van der Waals surface area contributed by atoms with E-state index in [1.54, 1.807) is 11.3 Å². The summed E-state index contributed by atoms with van der Waals surface area (Å²) in [5.74, 6) is 0. The number of nitrogens with one attached hydrogen (secondary N) is 3. The fourth-order valence-corrected chi connectivity index (χ4v) is 5.42. The number of aromatic nitrogens is 5. The van der Waals surface area contributed by atoms with Gasteiger partial charge >= 0.3 is 0 Å². The van der Waals surface area contributed by atoms with Gasteiger partial charge in [0.05, 0.1) is 22.6 Å². The van der Waals surface area contributed by atoms with Crippen LogP contribution in [0.2, 0.25) is 0 Å². The molecule has 5 heterocycles. The maximum Gasteiger partial charge on any atom is 0.135 e. The smallest absolute Gasteiger partial charge is 0.135 e. The lowest BCUT2D eigenvalue weighted by atomic mass is 10.0. The van der Waals surface area contributed by atoms with Crippen LogP contribution in [0.4, 0.5) is 5.69 Å². The van der Waals surface area contributed by atoms with E-state index in [1.807, 2.05) is 30.6 Å². The zero-order valence-electron chi connectivity index (χ0n) is 19.9. The van der Waals surface area contributed by atoms with Gasteiger partial charge in [-0.05, 0) is 57.2 Å².